The van der Waals surface area contributed by atoms with Gasteiger partial charge in [-0.3, -0.25) is 4.79 Å². The number of carbonyl (C=O) groups is 1. The number of benzene rings is 1. The van der Waals surface area contributed by atoms with Crippen LogP contribution in [-0.4, -0.2) is 23.7 Å². The highest BCUT2D eigenvalue weighted by Gasteiger charge is 2.32. The fourth-order valence-corrected chi connectivity index (χ4v) is 2.87. The van der Waals surface area contributed by atoms with Crippen LogP contribution in [0, 0.1) is 5.92 Å². The van der Waals surface area contributed by atoms with Gasteiger partial charge in [0, 0.05) is 18.7 Å². The molecule has 8 heteroatoms. The molecule has 3 N–H and O–H groups in total. The normalized spacial score (nSPS) is 15.1. The summed E-state index contributed by atoms with van der Waals surface area (Å²) < 4.78 is 10.7. The summed E-state index contributed by atoms with van der Waals surface area (Å²) in [6.07, 6.45) is 2.19. The topological polar surface area (TPSA) is 90.4 Å². The number of ether oxygens (including phenoxy) is 1. The zero-order valence-electron chi connectivity index (χ0n) is 12.8. The van der Waals surface area contributed by atoms with E-state index in [1.807, 2.05) is 0 Å². The van der Waals surface area contributed by atoms with Crippen molar-refractivity contribution in [1.29, 1.82) is 0 Å². The first-order valence-corrected chi connectivity index (χ1v) is 8.37. The molecule has 0 saturated heterocycles. The van der Waals surface area contributed by atoms with Crippen LogP contribution in [0.1, 0.15) is 29.1 Å². The number of hydrogen-bond donors (Lipinski definition) is 2. The molecule has 1 heterocycles. The quantitative estimate of drug-likeness (QED) is 0.782. The highest BCUT2D eigenvalue weighted by Crippen LogP contribution is 2.33. The van der Waals surface area contributed by atoms with E-state index in [0.29, 0.717) is 34.0 Å². The van der Waals surface area contributed by atoms with E-state index in [1.54, 1.807) is 18.2 Å². The average Bonchev–Trinajstić information content (AvgIpc) is 3.29. The summed E-state index contributed by atoms with van der Waals surface area (Å²) in [4.78, 5) is 12.2. The van der Waals surface area contributed by atoms with Crippen molar-refractivity contribution >= 4 is 29.1 Å². The number of carbonyl (C=O) groups excluding carboxylic acids is 1. The maximum atomic E-state index is 12.2. The lowest BCUT2D eigenvalue weighted by Gasteiger charge is -2.14. The summed E-state index contributed by atoms with van der Waals surface area (Å²) >= 11 is 12.1. The van der Waals surface area contributed by atoms with Crippen molar-refractivity contribution in [2.24, 2.45) is 11.7 Å². The molecule has 2 aromatic rings. The van der Waals surface area contributed by atoms with Gasteiger partial charge in [-0.2, -0.15) is 0 Å². The molecule has 1 aromatic carbocycles. The second kappa shape index (κ2) is 7.42. The van der Waals surface area contributed by atoms with Crippen LogP contribution in [0.15, 0.2) is 28.8 Å². The van der Waals surface area contributed by atoms with Gasteiger partial charge in [-0.15, -0.1) is 0 Å². The molecule has 1 unspecified atom stereocenters. The Kier molecular flexibility index (Phi) is 5.28. The van der Waals surface area contributed by atoms with Crippen molar-refractivity contribution in [3.05, 3.63) is 45.8 Å². The Morgan fingerprint density at radius 3 is 2.75 bits per heavy atom. The third-order valence-corrected chi connectivity index (χ3v) is 4.43. The Bertz CT molecular complexity index is 711. The van der Waals surface area contributed by atoms with Gasteiger partial charge >= 0.3 is 0 Å². The number of rotatable bonds is 7. The average molecular weight is 370 g/mol. The van der Waals surface area contributed by atoms with Crippen molar-refractivity contribution < 1.29 is 14.1 Å². The lowest BCUT2D eigenvalue weighted by atomic mass is 10.2. The van der Waals surface area contributed by atoms with E-state index >= 15 is 0 Å². The molecule has 1 fully saturated rings. The second-order valence-electron chi connectivity index (χ2n) is 5.67. The minimum atomic E-state index is -0.303. The molecule has 0 radical (unpaired) electrons. The Hall–Kier alpha value is -1.76. The minimum Gasteiger partial charge on any atom is -0.482 e. The molecule has 0 spiro atoms. The van der Waals surface area contributed by atoms with Gasteiger partial charge in [0.15, 0.2) is 17.2 Å². The number of para-hydroxylation sites is 1. The van der Waals surface area contributed by atoms with Gasteiger partial charge in [0.2, 0.25) is 0 Å². The van der Waals surface area contributed by atoms with Crippen molar-refractivity contribution in [3.63, 3.8) is 0 Å². The van der Waals surface area contributed by atoms with Crippen molar-refractivity contribution in [2.75, 3.05) is 6.54 Å². The summed E-state index contributed by atoms with van der Waals surface area (Å²) in [6.45, 7) is 0.474. The van der Waals surface area contributed by atoms with Crippen LogP contribution in [0.2, 0.25) is 10.0 Å². The molecule has 24 heavy (non-hydrogen) atoms. The lowest BCUT2D eigenvalue weighted by molar-refractivity contribution is 0.0924. The summed E-state index contributed by atoms with van der Waals surface area (Å²) in [5.74, 6) is 0.922. The van der Waals surface area contributed by atoms with Crippen LogP contribution in [0.3, 0.4) is 0 Å². The van der Waals surface area contributed by atoms with Crippen LogP contribution in [-0.2, 0) is 6.61 Å². The number of nitrogens with two attached hydrogens (primary N) is 1. The van der Waals surface area contributed by atoms with Crippen LogP contribution >= 0.6 is 23.2 Å². The third-order valence-electron chi connectivity index (χ3n) is 3.83. The molecular formula is C16H17Cl2N3O3. The Morgan fingerprint density at radius 1 is 1.42 bits per heavy atom. The van der Waals surface area contributed by atoms with Gasteiger partial charge in [-0.25, -0.2) is 0 Å². The Morgan fingerprint density at radius 2 is 2.12 bits per heavy atom. The van der Waals surface area contributed by atoms with Gasteiger partial charge in [-0.1, -0.05) is 34.4 Å². The van der Waals surface area contributed by atoms with E-state index < -0.39 is 0 Å². The molecule has 128 valence electrons. The predicted molar refractivity (Wildman–Crippen MR) is 90.3 cm³/mol. The monoisotopic (exact) mass is 369 g/mol. The van der Waals surface area contributed by atoms with E-state index in [1.165, 1.54) is 6.07 Å². The Labute approximate surface area is 149 Å². The number of hydrogen-bond acceptors (Lipinski definition) is 5. The van der Waals surface area contributed by atoms with Crippen molar-refractivity contribution in [3.8, 4) is 5.75 Å². The van der Waals surface area contributed by atoms with E-state index in [4.69, 9.17) is 38.2 Å². The highest BCUT2D eigenvalue weighted by molar-refractivity contribution is 6.37. The molecule has 6 nitrogen and oxygen atoms in total. The Balaban J connectivity index is 1.60. The molecule has 0 aliphatic heterocycles. The van der Waals surface area contributed by atoms with Gasteiger partial charge < -0.3 is 20.3 Å². The summed E-state index contributed by atoms with van der Waals surface area (Å²) in [7, 11) is 0. The molecule has 1 aliphatic carbocycles. The summed E-state index contributed by atoms with van der Waals surface area (Å²) in [5.41, 5.74) is 5.87. The molecule has 3 rings (SSSR count). The van der Waals surface area contributed by atoms with Crippen molar-refractivity contribution in [1.82, 2.24) is 10.5 Å². The van der Waals surface area contributed by atoms with Gasteiger partial charge in [0.1, 0.15) is 6.61 Å². The van der Waals surface area contributed by atoms with Crippen molar-refractivity contribution in [2.45, 2.75) is 25.5 Å². The number of halogens is 2. The second-order valence-corrected chi connectivity index (χ2v) is 6.49. The zero-order valence-corrected chi connectivity index (χ0v) is 14.3. The fourth-order valence-electron chi connectivity index (χ4n) is 2.36. The van der Waals surface area contributed by atoms with E-state index in [9.17, 15) is 4.79 Å². The first-order chi connectivity index (χ1) is 11.6. The molecule has 0 bridgehead atoms. The molecule has 1 aliphatic rings. The predicted octanol–water partition coefficient (Wildman–Crippen LogP) is 3.03. The van der Waals surface area contributed by atoms with E-state index in [2.05, 4.69) is 10.5 Å². The smallest absolute Gasteiger partial charge is 0.273 e. The maximum absolute atomic E-state index is 12.2. The van der Waals surface area contributed by atoms with Gasteiger partial charge in [-0.05, 0) is 30.9 Å². The van der Waals surface area contributed by atoms with E-state index in [-0.39, 0.29) is 24.2 Å². The standard InChI is InChI=1S/C16H17Cl2N3O3/c17-11-2-1-3-12(18)15(11)23-8-10-6-13(21-24-10)16(22)20-14(7-19)9-4-5-9/h1-3,6,9,14H,4-5,7-8,19H2,(H,20,22). The SMILES string of the molecule is NCC(NC(=O)c1cc(COc2c(Cl)cccc2Cl)on1)C1CC1. The fraction of sp³-hybridized carbons (Fsp3) is 0.375. The van der Waals surface area contributed by atoms with Gasteiger partial charge in [0.25, 0.3) is 5.91 Å². The summed E-state index contributed by atoms with van der Waals surface area (Å²) in [6, 6.07) is 6.58. The summed E-state index contributed by atoms with van der Waals surface area (Å²) in [5, 5.41) is 7.44. The number of nitrogens with one attached hydrogen (secondary N) is 1. The first-order valence-electron chi connectivity index (χ1n) is 7.62. The van der Waals surface area contributed by atoms with Gasteiger partial charge in [0.05, 0.1) is 10.0 Å². The molecule has 1 amide bonds. The van der Waals surface area contributed by atoms with Crippen LogP contribution < -0.4 is 15.8 Å². The largest absolute Gasteiger partial charge is 0.482 e. The highest BCUT2D eigenvalue weighted by atomic mass is 35.5. The molecule has 1 atom stereocenters. The van der Waals surface area contributed by atoms with E-state index in [0.717, 1.165) is 12.8 Å². The number of aromatic nitrogens is 1. The maximum Gasteiger partial charge on any atom is 0.273 e. The van der Waals surface area contributed by atoms with Crippen LogP contribution in [0.5, 0.6) is 5.75 Å². The minimum absolute atomic E-state index is 0.0177. The molecule has 1 aromatic heterocycles. The zero-order chi connectivity index (χ0) is 17.1. The first kappa shape index (κ1) is 17.1. The lowest BCUT2D eigenvalue weighted by Crippen LogP contribution is -2.41. The number of amides is 1. The van der Waals surface area contributed by atoms with Crippen LogP contribution in [0.25, 0.3) is 0 Å². The molecular weight excluding hydrogens is 353 g/mol. The number of nitrogens with zero attached hydrogens (tertiary/aromatic N) is 1. The molecule has 1 saturated carbocycles. The van der Waals surface area contributed by atoms with Crippen LogP contribution in [0.4, 0.5) is 0 Å². The third kappa shape index (κ3) is 4.01.